The van der Waals surface area contributed by atoms with Gasteiger partial charge in [0.25, 0.3) is 5.91 Å². The van der Waals surface area contributed by atoms with Gasteiger partial charge in [-0.1, -0.05) is 12.1 Å². The molecule has 0 spiro atoms. The van der Waals surface area contributed by atoms with Gasteiger partial charge in [0.05, 0.1) is 5.56 Å². The summed E-state index contributed by atoms with van der Waals surface area (Å²) in [6, 6.07) is 4.76. The van der Waals surface area contributed by atoms with Crippen LogP contribution in [-0.2, 0) is 9.63 Å². The van der Waals surface area contributed by atoms with Crippen LogP contribution in [0.4, 0.5) is 13.2 Å². The van der Waals surface area contributed by atoms with Crippen LogP contribution >= 0.6 is 0 Å². The van der Waals surface area contributed by atoms with E-state index >= 15 is 0 Å². The summed E-state index contributed by atoms with van der Waals surface area (Å²) >= 11 is 0. The van der Waals surface area contributed by atoms with E-state index in [0.717, 1.165) is 0 Å². The first-order chi connectivity index (χ1) is 12.6. The van der Waals surface area contributed by atoms with E-state index in [-0.39, 0.29) is 24.7 Å². The zero-order valence-corrected chi connectivity index (χ0v) is 14.7. The molecule has 2 heterocycles. The molecule has 10 heteroatoms. The summed E-state index contributed by atoms with van der Waals surface area (Å²) in [6.45, 7) is 2.36. The molecule has 2 unspecified atom stereocenters. The van der Waals surface area contributed by atoms with Crippen LogP contribution in [0.3, 0.4) is 0 Å². The van der Waals surface area contributed by atoms with Crippen LogP contribution in [0.15, 0.2) is 24.4 Å². The molecular formula is C17H20F3N4O3+. The maximum Gasteiger partial charge on any atom is 0.497 e. The minimum atomic E-state index is -5.04. The van der Waals surface area contributed by atoms with E-state index in [4.69, 9.17) is 10.6 Å². The molecule has 0 aliphatic carbocycles. The Morgan fingerprint density at radius 2 is 2.15 bits per heavy atom. The number of hydroxylamine groups is 3. The van der Waals surface area contributed by atoms with Gasteiger partial charge in [0.15, 0.2) is 0 Å². The monoisotopic (exact) mass is 385 g/mol. The molecule has 1 aromatic carbocycles. The molecule has 3 rings (SSSR count). The average molecular weight is 385 g/mol. The molecule has 1 aliphatic heterocycles. The quantitative estimate of drug-likeness (QED) is 0.819. The van der Waals surface area contributed by atoms with E-state index in [9.17, 15) is 22.8 Å². The smallest absolute Gasteiger partial charge is 0.366 e. The molecule has 1 saturated heterocycles. The molecule has 1 amide bonds. The molecular weight excluding hydrogens is 365 g/mol. The molecule has 7 nitrogen and oxygen atoms in total. The maximum absolute atomic E-state index is 12.6. The van der Waals surface area contributed by atoms with Gasteiger partial charge in [0.1, 0.15) is 31.2 Å². The summed E-state index contributed by atoms with van der Waals surface area (Å²) in [5.74, 6) is -2.79. The summed E-state index contributed by atoms with van der Waals surface area (Å²) in [5.41, 5.74) is 6.09. The number of carbonyl (C=O) groups excluding carboxylic acids is 2. The molecule has 0 radical (unpaired) electrons. The van der Waals surface area contributed by atoms with Crippen molar-refractivity contribution >= 4 is 22.8 Å². The van der Waals surface area contributed by atoms with Crippen molar-refractivity contribution in [2.45, 2.75) is 32.0 Å². The van der Waals surface area contributed by atoms with Gasteiger partial charge in [-0.25, -0.2) is 4.79 Å². The number of likely N-dealkylation sites (N-methyl/N-ethyl adjacent to an activating group) is 1. The highest BCUT2D eigenvalue weighted by Crippen LogP contribution is 2.31. The van der Waals surface area contributed by atoms with Crippen molar-refractivity contribution < 1.29 is 32.2 Å². The van der Waals surface area contributed by atoms with E-state index in [1.54, 1.807) is 36.0 Å². The minimum absolute atomic E-state index is 0.165. The molecule has 2 N–H and O–H groups in total. The molecule has 146 valence electrons. The zero-order valence-electron chi connectivity index (χ0n) is 14.7. The number of piperidine rings is 1. The van der Waals surface area contributed by atoms with Gasteiger partial charge in [-0.15, -0.1) is 4.65 Å². The van der Waals surface area contributed by atoms with E-state index in [2.05, 4.69) is 5.10 Å². The Kier molecular flexibility index (Phi) is 4.85. The Balaban J connectivity index is 1.89. The number of amides is 1. The third-order valence-electron chi connectivity index (χ3n) is 4.92. The Morgan fingerprint density at radius 1 is 1.41 bits per heavy atom. The minimum Gasteiger partial charge on any atom is -0.366 e. The Hall–Kier alpha value is -2.62. The standard InChI is InChI=1S/C17H19F3N4O3/c1-2-24(27-16(26)17(18,19)20)8-4-6-12(10-24)23-9-11-5-3-7-13(15(21)25)14(11)22-23/h3,5,7,9,12H,2,4,6,8,10H2,1H3,(H-,21,25)/p+1. The van der Waals surface area contributed by atoms with E-state index < -0.39 is 22.7 Å². The fraction of sp³-hybridized carbons (Fsp3) is 0.471. The lowest BCUT2D eigenvalue weighted by molar-refractivity contribution is -1.09. The number of carbonyl (C=O) groups is 2. The highest BCUT2D eigenvalue weighted by Gasteiger charge is 2.49. The van der Waals surface area contributed by atoms with Crippen LogP contribution < -0.4 is 5.73 Å². The van der Waals surface area contributed by atoms with Crippen molar-refractivity contribution in [1.82, 2.24) is 9.78 Å². The molecule has 1 aliphatic rings. The molecule has 1 fully saturated rings. The predicted octanol–water partition coefficient (Wildman–Crippen LogP) is 2.33. The number of hydrogen-bond acceptors (Lipinski definition) is 4. The van der Waals surface area contributed by atoms with Crippen LogP contribution in [0, 0.1) is 0 Å². The molecule has 27 heavy (non-hydrogen) atoms. The van der Waals surface area contributed by atoms with Crippen molar-refractivity contribution in [3.05, 3.63) is 30.0 Å². The summed E-state index contributed by atoms with van der Waals surface area (Å²) < 4.78 is 39.1. The highest BCUT2D eigenvalue weighted by molar-refractivity contribution is 6.04. The molecule has 0 saturated carbocycles. The van der Waals surface area contributed by atoms with Crippen molar-refractivity contribution in [3.63, 3.8) is 0 Å². The fourth-order valence-electron chi connectivity index (χ4n) is 3.51. The molecule has 0 bridgehead atoms. The third-order valence-corrected chi connectivity index (χ3v) is 4.92. The predicted molar refractivity (Wildman–Crippen MR) is 89.2 cm³/mol. The van der Waals surface area contributed by atoms with Gasteiger partial charge in [-0.05, 0) is 19.4 Å². The summed E-state index contributed by atoms with van der Waals surface area (Å²) in [4.78, 5) is 27.8. The largest absolute Gasteiger partial charge is 0.497 e. The van der Waals surface area contributed by atoms with Gasteiger partial charge in [-0.3, -0.25) is 14.3 Å². The maximum atomic E-state index is 12.6. The number of quaternary nitrogens is 1. The van der Waals surface area contributed by atoms with Crippen LogP contribution in [-0.4, -0.2) is 52.1 Å². The number of nitrogens with zero attached hydrogens (tertiary/aromatic N) is 3. The second-order valence-corrected chi connectivity index (χ2v) is 6.67. The van der Waals surface area contributed by atoms with Crippen LogP contribution in [0.25, 0.3) is 10.9 Å². The third kappa shape index (κ3) is 3.75. The number of primary amides is 1. The first kappa shape index (κ1) is 19.2. The van der Waals surface area contributed by atoms with Crippen LogP contribution in [0.2, 0.25) is 0 Å². The SMILES string of the molecule is CC[N+]1(OC(=O)C(F)(F)F)CCCC(n2cc3cccc(C(N)=O)c3n2)C1. The average Bonchev–Trinajstić information content (AvgIpc) is 3.05. The molecule has 2 atom stereocenters. The number of benzene rings is 1. The van der Waals surface area contributed by atoms with Crippen molar-refractivity contribution in [1.29, 1.82) is 0 Å². The number of rotatable bonds is 4. The Labute approximate surface area is 153 Å². The van der Waals surface area contributed by atoms with Crippen molar-refractivity contribution in [2.24, 2.45) is 5.73 Å². The number of hydrogen-bond donors (Lipinski definition) is 1. The Morgan fingerprint density at radius 3 is 2.78 bits per heavy atom. The number of likely N-dealkylation sites (tertiary alicyclic amines) is 1. The van der Waals surface area contributed by atoms with Crippen molar-refractivity contribution in [2.75, 3.05) is 19.6 Å². The number of alkyl halides is 3. The van der Waals surface area contributed by atoms with Crippen LogP contribution in [0.5, 0.6) is 0 Å². The van der Waals surface area contributed by atoms with E-state index in [0.29, 0.717) is 30.3 Å². The number of nitrogens with two attached hydrogens (primary N) is 1. The number of aromatic nitrogens is 2. The lowest BCUT2D eigenvalue weighted by Gasteiger charge is -2.39. The van der Waals surface area contributed by atoms with Gasteiger partial charge >= 0.3 is 12.1 Å². The molecule has 1 aromatic heterocycles. The van der Waals surface area contributed by atoms with Gasteiger partial charge in [-0.2, -0.15) is 18.3 Å². The van der Waals surface area contributed by atoms with Gasteiger partial charge < -0.3 is 5.73 Å². The second-order valence-electron chi connectivity index (χ2n) is 6.67. The Bertz CT molecular complexity index is 880. The number of halogens is 3. The zero-order chi connectivity index (χ0) is 19.8. The topological polar surface area (TPSA) is 87.2 Å². The summed E-state index contributed by atoms with van der Waals surface area (Å²) in [7, 11) is 0. The molecule has 2 aromatic rings. The summed E-state index contributed by atoms with van der Waals surface area (Å²) in [5, 5.41) is 5.14. The number of fused-ring (bicyclic) bond motifs is 1. The van der Waals surface area contributed by atoms with Crippen molar-refractivity contribution in [3.8, 4) is 0 Å². The highest BCUT2D eigenvalue weighted by atomic mass is 19.4. The van der Waals surface area contributed by atoms with Gasteiger partial charge in [0, 0.05) is 18.0 Å². The van der Waals surface area contributed by atoms with Crippen LogP contribution in [0.1, 0.15) is 36.2 Å². The first-order valence-corrected chi connectivity index (χ1v) is 8.60. The summed E-state index contributed by atoms with van der Waals surface area (Å²) in [6.07, 6.45) is -2.07. The fourth-order valence-corrected chi connectivity index (χ4v) is 3.51. The van der Waals surface area contributed by atoms with Gasteiger partial charge in [0.2, 0.25) is 0 Å². The van der Waals surface area contributed by atoms with E-state index in [1.807, 2.05) is 0 Å². The second kappa shape index (κ2) is 6.84. The lowest BCUT2D eigenvalue weighted by Crippen LogP contribution is -2.56. The van der Waals surface area contributed by atoms with E-state index in [1.165, 1.54) is 0 Å². The lowest BCUT2D eigenvalue weighted by atomic mass is 10.1. The first-order valence-electron chi connectivity index (χ1n) is 8.60. The normalized spacial score (nSPS) is 23.3.